The van der Waals surface area contributed by atoms with Gasteiger partial charge in [-0.2, -0.15) is 0 Å². The van der Waals surface area contributed by atoms with Crippen LogP contribution < -0.4 is 10.1 Å². The fourth-order valence-corrected chi connectivity index (χ4v) is 3.62. The van der Waals surface area contributed by atoms with E-state index >= 15 is 0 Å². The van der Waals surface area contributed by atoms with Crippen LogP contribution in [0.2, 0.25) is 5.02 Å². The number of hydrogen-bond acceptors (Lipinski definition) is 4. The topological polar surface area (TPSA) is 67.9 Å². The van der Waals surface area contributed by atoms with E-state index in [1.165, 1.54) is 0 Å². The highest BCUT2D eigenvalue weighted by Gasteiger charge is 2.19. The van der Waals surface area contributed by atoms with Gasteiger partial charge in [-0.3, -0.25) is 9.59 Å². The van der Waals surface area contributed by atoms with Gasteiger partial charge >= 0.3 is 0 Å². The third-order valence-electron chi connectivity index (χ3n) is 5.06. The van der Waals surface area contributed by atoms with Crippen molar-refractivity contribution < 1.29 is 19.1 Å². The van der Waals surface area contributed by atoms with E-state index in [1.54, 1.807) is 59.5 Å². The summed E-state index contributed by atoms with van der Waals surface area (Å²) in [4.78, 5) is 27.2. The van der Waals surface area contributed by atoms with Crippen LogP contribution in [0, 0.1) is 0 Å². The second-order valence-electron chi connectivity index (χ2n) is 7.39. The fraction of sp³-hybridized carbons (Fsp3) is 0.200. The Labute approximate surface area is 191 Å². The molecule has 0 atom stereocenters. The molecule has 2 amide bonds. The highest BCUT2D eigenvalue weighted by atomic mass is 35.5. The molecule has 4 rings (SSSR count). The lowest BCUT2D eigenvalue weighted by Crippen LogP contribution is -2.40. The third kappa shape index (κ3) is 5.66. The Morgan fingerprint density at radius 2 is 1.69 bits per heavy atom. The Bertz CT molecular complexity index is 1110. The second kappa shape index (κ2) is 10.3. The third-order valence-corrected chi connectivity index (χ3v) is 5.29. The zero-order valence-electron chi connectivity index (χ0n) is 17.4. The number of carbonyl (C=O) groups is 2. The highest BCUT2D eigenvalue weighted by Crippen LogP contribution is 2.19. The summed E-state index contributed by atoms with van der Waals surface area (Å²) in [5.41, 5.74) is 2.48. The van der Waals surface area contributed by atoms with Crippen molar-refractivity contribution in [1.29, 1.82) is 0 Å². The van der Waals surface area contributed by atoms with E-state index < -0.39 is 0 Å². The number of carbonyl (C=O) groups excluding carboxylic acids is 2. The van der Waals surface area contributed by atoms with Crippen molar-refractivity contribution in [1.82, 2.24) is 4.90 Å². The number of halogens is 1. The summed E-state index contributed by atoms with van der Waals surface area (Å²) in [6.45, 7) is 2.56. The van der Waals surface area contributed by atoms with E-state index in [1.807, 2.05) is 18.2 Å². The fourth-order valence-electron chi connectivity index (χ4n) is 3.40. The van der Waals surface area contributed by atoms with E-state index in [4.69, 9.17) is 21.1 Å². The summed E-state index contributed by atoms with van der Waals surface area (Å²) in [5.74, 6) is 0.226. The summed E-state index contributed by atoms with van der Waals surface area (Å²) in [5, 5.41) is 3.50. The average Bonchev–Trinajstić information content (AvgIpc) is 2.83. The van der Waals surface area contributed by atoms with Gasteiger partial charge in [0.05, 0.1) is 13.2 Å². The van der Waals surface area contributed by atoms with E-state index in [2.05, 4.69) is 5.32 Å². The van der Waals surface area contributed by atoms with Gasteiger partial charge in [-0.15, -0.1) is 0 Å². The summed E-state index contributed by atoms with van der Waals surface area (Å²) in [6, 6.07) is 21.3. The minimum absolute atomic E-state index is 0.0687. The molecule has 1 heterocycles. The monoisotopic (exact) mass is 450 g/mol. The Balaban J connectivity index is 1.40. The molecule has 1 aliphatic heterocycles. The van der Waals surface area contributed by atoms with Gasteiger partial charge in [0.25, 0.3) is 11.8 Å². The van der Waals surface area contributed by atoms with Gasteiger partial charge in [-0.25, -0.2) is 0 Å². The zero-order valence-corrected chi connectivity index (χ0v) is 18.2. The summed E-state index contributed by atoms with van der Waals surface area (Å²) in [6.07, 6.45) is 0. The van der Waals surface area contributed by atoms with Crippen LogP contribution in [0.1, 0.15) is 26.3 Å². The minimum atomic E-state index is -0.283. The van der Waals surface area contributed by atoms with Crippen LogP contribution in [0.15, 0.2) is 72.8 Å². The van der Waals surface area contributed by atoms with Crippen molar-refractivity contribution in [3.8, 4) is 5.75 Å². The Hall–Kier alpha value is -3.35. The molecular weight excluding hydrogens is 428 g/mol. The second-order valence-corrected chi connectivity index (χ2v) is 7.82. The summed E-state index contributed by atoms with van der Waals surface area (Å²) in [7, 11) is 0. The number of nitrogens with one attached hydrogen (secondary N) is 1. The maximum atomic E-state index is 12.8. The normalized spacial score (nSPS) is 13.5. The zero-order chi connectivity index (χ0) is 22.3. The van der Waals surface area contributed by atoms with Gasteiger partial charge in [-0.05, 0) is 54.1 Å². The number of anilines is 1. The average molecular weight is 451 g/mol. The van der Waals surface area contributed by atoms with Gasteiger partial charge in [-0.1, -0.05) is 35.9 Å². The van der Waals surface area contributed by atoms with Crippen molar-refractivity contribution in [3.05, 3.63) is 94.5 Å². The molecule has 0 saturated carbocycles. The molecular formula is C25H23ClN2O4. The summed E-state index contributed by atoms with van der Waals surface area (Å²) >= 11 is 6.01. The van der Waals surface area contributed by atoms with Gasteiger partial charge in [0.15, 0.2) is 0 Å². The van der Waals surface area contributed by atoms with Gasteiger partial charge in [0.2, 0.25) is 0 Å². The van der Waals surface area contributed by atoms with Crippen LogP contribution in [0.3, 0.4) is 0 Å². The summed E-state index contributed by atoms with van der Waals surface area (Å²) < 4.78 is 11.1. The smallest absolute Gasteiger partial charge is 0.255 e. The first kappa shape index (κ1) is 21.9. The molecule has 0 aliphatic carbocycles. The number of ether oxygens (including phenoxy) is 2. The number of benzene rings is 3. The maximum absolute atomic E-state index is 12.8. The van der Waals surface area contributed by atoms with Crippen molar-refractivity contribution in [2.45, 2.75) is 6.61 Å². The van der Waals surface area contributed by atoms with Crippen LogP contribution in [0.25, 0.3) is 0 Å². The van der Waals surface area contributed by atoms with Crippen LogP contribution in [0.5, 0.6) is 5.75 Å². The molecule has 0 spiro atoms. The molecule has 164 valence electrons. The van der Waals surface area contributed by atoms with Gasteiger partial charge in [0.1, 0.15) is 12.4 Å². The van der Waals surface area contributed by atoms with Gasteiger partial charge in [0, 0.05) is 34.9 Å². The van der Waals surface area contributed by atoms with Crippen LogP contribution >= 0.6 is 11.6 Å². The first-order chi connectivity index (χ1) is 15.6. The number of hydrogen-bond donors (Lipinski definition) is 1. The minimum Gasteiger partial charge on any atom is -0.489 e. The van der Waals surface area contributed by atoms with Crippen LogP contribution in [-0.4, -0.2) is 43.0 Å². The molecule has 1 fully saturated rings. The molecule has 0 unspecified atom stereocenters. The molecule has 0 bridgehead atoms. The molecule has 3 aromatic rings. The lowest BCUT2D eigenvalue weighted by molar-refractivity contribution is 0.0303. The number of rotatable bonds is 6. The Morgan fingerprint density at radius 1 is 0.938 bits per heavy atom. The number of nitrogens with zero attached hydrogens (tertiary/aromatic N) is 1. The predicted molar refractivity (Wildman–Crippen MR) is 123 cm³/mol. The molecule has 0 aromatic heterocycles. The quantitative estimate of drug-likeness (QED) is 0.594. The predicted octanol–water partition coefficient (Wildman–Crippen LogP) is 4.64. The van der Waals surface area contributed by atoms with E-state index in [-0.39, 0.29) is 11.8 Å². The first-order valence-corrected chi connectivity index (χ1v) is 10.7. The SMILES string of the molecule is O=C(Nc1cccc(C(=O)N2CCOCC2)c1)c1cccc(OCc2cccc(Cl)c2)c1. The molecule has 32 heavy (non-hydrogen) atoms. The highest BCUT2D eigenvalue weighted by molar-refractivity contribution is 6.30. The lowest BCUT2D eigenvalue weighted by atomic mass is 10.1. The van der Waals surface area contributed by atoms with E-state index in [9.17, 15) is 9.59 Å². The van der Waals surface area contributed by atoms with Crippen molar-refractivity contribution in [2.24, 2.45) is 0 Å². The molecule has 7 heteroatoms. The van der Waals surface area contributed by atoms with Crippen LogP contribution in [0.4, 0.5) is 5.69 Å². The standard InChI is InChI=1S/C25H23ClN2O4/c26-21-7-1-4-18(14-21)17-32-23-9-3-5-19(16-23)24(29)27-22-8-2-6-20(15-22)25(30)28-10-12-31-13-11-28/h1-9,14-16H,10-13,17H2,(H,27,29). The lowest BCUT2D eigenvalue weighted by Gasteiger charge is -2.27. The molecule has 6 nitrogen and oxygen atoms in total. The molecule has 1 aliphatic rings. The Kier molecular flexibility index (Phi) is 7.04. The maximum Gasteiger partial charge on any atom is 0.255 e. The largest absolute Gasteiger partial charge is 0.489 e. The van der Waals surface area contributed by atoms with Crippen molar-refractivity contribution >= 4 is 29.1 Å². The van der Waals surface area contributed by atoms with E-state index in [0.29, 0.717) is 60.5 Å². The number of morpholine rings is 1. The first-order valence-electron chi connectivity index (χ1n) is 10.3. The van der Waals surface area contributed by atoms with Crippen molar-refractivity contribution in [3.63, 3.8) is 0 Å². The van der Waals surface area contributed by atoms with Crippen LogP contribution in [-0.2, 0) is 11.3 Å². The van der Waals surface area contributed by atoms with Gasteiger partial charge < -0.3 is 19.7 Å². The Morgan fingerprint density at radius 3 is 2.50 bits per heavy atom. The van der Waals surface area contributed by atoms with Crippen molar-refractivity contribution in [2.75, 3.05) is 31.6 Å². The molecule has 1 N–H and O–H groups in total. The molecule has 1 saturated heterocycles. The molecule has 0 radical (unpaired) electrons. The number of amides is 2. The van der Waals surface area contributed by atoms with E-state index in [0.717, 1.165) is 5.56 Å². The molecule has 3 aromatic carbocycles.